The molecule has 0 bridgehead atoms. The Morgan fingerprint density at radius 2 is 0.538 bits per heavy atom. The zero-order chi connectivity index (χ0) is 106. The summed E-state index contributed by atoms with van der Waals surface area (Å²) in [7, 11) is 23.4. The number of likely N-dealkylation sites (tertiary alicyclic amines) is 1. The number of rotatable bonds is 17. The van der Waals surface area contributed by atoms with E-state index in [1.165, 1.54) is 151 Å². The van der Waals surface area contributed by atoms with Crippen LogP contribution in [0.4, 0.5) is 45.5 Å². The monoisotopic (exact) mass is 2210 g/mol. The summed E-state index contributed by atoms with van der Waals surface area (Å²) in [5.74, 6) is 14.2. The maximum absolute atomic E-state index is 12.2. The molecule has 1 amide bonds. The van der Waals surface area contributed by atoms with Crippen molar-refractivity contribution in [3.63, 3.8) is 0 Å². The Bertz CT molecular complexity index is 7330. The number of thioether (sulfide) groups is 7. The second kappa shape index (κ2) is 50.7. The molecule has 1 saturated heterocycles. The zero-order valence-electron chi connectivity index (χ0n) is 86.1. The minimum Gasteiger partial charge on any atom is -0.444 e. The predicted molar refractivity (Wildman–Crippen MR) is 606 cm³/mol. The van der Waals surface area contributed by atoms with Gasteiger partial charge in [-0.25, -0.2) is 73.3 Å². The van der Waals surface area contributed by atoms with Gasteiger partial charge in [-0.3, -0.25) is 83.1 Å². The van der Waals surface area contributed by atoms with E-state index in [0.717, 1.165) is 172 Å². The smallest absolute Gasteiger partial charge is 0.410 e. The number of hydrogen-bond acceptors (Lipinski definition) is 33. The molecule has 4 fully saturated rings. The zero-order valence-corrected chi connectivity index (χ0v) is 95.9. The van der Waals surface area contributed by atoms with Crippen LogP contribution in [0.1, 0.15) is 190 Å². The minimum atomic E-state index is -0.459. The Kier molecular flexibility index (Phi) is 40.2. The molecule has 15 heterocycles. The van der Waals surface area contributed by atoms with E-state index in [1.807, 2.05) is 44.3 Å². The van der Waals surface area contributed by atoms with E-state index in [-0.39, 0.29) is 74.4 Å². The van der Waals surface area contributed by atoms with E-state index >= 15 is 0 Å². The van der Waals surface area contributed by atoms with Crippen molar-refractivity contribution in [3.8, 4) is 0 Å². The van der Waals surface area contributed by atoms with Gasteiger partial charge >= 0.3 is 45.9 Å². The van der Waals surface area contributed by atoms with Crippen LogP contribution in [0.25, 0.3) is 0 Å². The van der Waals surface area contributed by atoms with Gasteiger partial charge in [-0.2, -0.15) is 0 Å². The van der Waals surface area contributed by atoms with Gasteiger partial charge in [-0.05, 0) is 129 Å². The maximum atomic E-state index is 12.2. The molecular weight excluding hydrogens is 2080 g/mol. The summed E-state index contributed by atoms with van der Waals surface area (Å²) in [5.41, 5.74) is 3.73. The highest BCUT2D eigenvalue weighted by molar-refractivity contribution is 8.15. The van der Waals surface area contributed by atoms with Crippen LogP contribution in [0.15, 0.2) is 78.1 Å². The molecule has 11 aliphatic rings. The summed E-state index contributed by atoms with van der Waals surface area (Å²) >= 11 is 38.4. The Balaban J connectivity index is 0.000000151. The van der Waals surface area contributed by atoms with Gasteiger partial charge in [0, 0.05) is 226 Å². The van der Waals surface area contributed by atoms with Gasteiger partial charge in [0.25, 0.3) is 11.1 Å². The number of aromatic nitrogens is 14. The second-order valence-corrected chi connectivity index (χ2v) is 48.6. The first-order valence-corrected chi connectivity index (χ1v) is 57.4. The molecule has 48 heteroatoms. The van der Waals surface area contributed by atoms with Gasteiger partial charge in [0.1, 0.15) is 86.9 Å². The van der Waals surface area contributed by atoms with Crippen LogP contribution in [0.5, 0.6) is 0 Å². The van der Waals surface area contributed by atoms with Crippen LogP contribution >= 0.6 is 143 Å². The highest BCUT2D eigenvalue weighted by Crippen LogP contribution is 2.40. The summed E-state index contributed by atoms with van der Waals surface area (Å²) in [6, 6.07) is 0. The molecule has 0 atom stereocenters. The number of fused-ring (bicyclic) bond motifs is 7. The van der Waals surface area contributed by atoms with Crippen LogP contribution in [0.2, 0.25) is 0 Å². The standard InChI is InChI=1S/C19H28N4O3S2.C15H21N3O2S.C15H21N3OS2.C13H17N3O2S2.C12H15N3O2S2.C12H15N3OS2.C11H13N3O3S/c1-19(2,3)26-18(25)23-8-6-12(7-9-23)11-28-14-10-13-15(20-14)21(4)17(24)22(5)16(13)27;1-17-13-11(14(19)18(2)15(17)20)8-12(16-13)21-9-10-6-4-3-5-7-10;1-17-13-11(14(20)18(2)15(17)19)8-12(16-13)21-9-10-6-4-3-5-7-10;1-8(17)5-4-6-20-10-7-9-11(14-10)15(2)13(18)16(3)12(9)19;1-7(16)4-5-19-9-6-8-10(13-9)14(2)12(17)15(3)11(8)18;1-14-10-8(11(17)15(2)12(14)16)5-9(13-10)18-6-7-3-4-7;1-6(15)5-18-8-4-7-9(12-8)13(2)11(17)14(3)10(7)16/h12H,6-11H2,1-5H3;2*10H,3-9H2,1-2H3;4-7H2,1-3H3;4-6H2,1-3H3;7H,3-6H2,1-2H3;4-5H2,1-3H3. The molecule has 18 rings (SSSR count). The van der Waals surface area contributed by atoms with Crippen molar-refractivity contribution < 1.29 is 23.9 Å². The van der Waals surface area contributed by atoms with Crippen LogP contribution in [0, 0.1) is 46.9 Å². The van der Waals surface area contributed by atoms with Crippen LogP contribution in [0.3, 0.4) is 0 Å². The molecule has 7 aromatic rings. The fourth-order valence-corrected chi connectivity index (χ4v) is 26.2. The van der Waals surface area contributed by atoms with Crippen molar-refractivity contribution in [2.75, 3.05) is 53.4 Å². The number of hydrogen-bond donors (Lipinski definition) is 0. The maximum Gasteiger partial charge on any atom is 0.410 e. The molecule has 7 aromatic heterocycles. The molecule has 8 aliphatic heterocycles. The lowest BCUT2D eigenvalue weighted by Gasteiger charge is -2.33. The molecule has 784 valence electrons. The first-order chi connectivity index (χ1) is 68.5. The third-order valence-electron chi connectivity index (χ3n) is 26.4. The fraction of sp³-hybridized carbons (Fsp3) is 0.598. The normalized spacial score (nSPS) is 16.2. The van der Waals surface area contributed by atoms with Crippen molar-refractivity contribution in [2.24, 2.45) is 157 Å². The average molecular weight is 2210 g/mol. The number of nitrogens with zero attached hydrogens (tertiary/aromatic N) is 22. The van der Waals surface area contributed by atoms with Gasteiger partial charge in [0.2, 0.25) is 0 Å². The van der Waals surface area contributed by atoms with Crippen molar-refractivity contribution in [3.05, 3.63) is 156 Å². The molecule has 3 aliphatic carbocycles. The number of carbonyl (C=O) groups is 4. The van der Waals surface area contributed by atoms with E-state index in [9.17, 15) is 62.3 Å². The van der Waals surface area contributed by atoms with Crippen LogP contribution in [-0.2, 0) is 163 Å². The molecule has 145 heavy (non-hydrogen) atoms. The first-order valence-electron chi connectivity index (χ1n) is 48.5. The van der Waals surface area contributed by atoms with E-state index in [1.54, 1.807) is 169 Å². The minimum absolute atomic E-state index is 0.0560. The Hall–Kier alpha value is -8.72. The van der Waals surface area contributed by atoms with Gasteiger partial charge in [-0.1, -0.05) is 99.6 Å². The molecule has 36 nitrogen and oxygen atoms in total. The molecule has 3 saturated carbocycles. The van der Waals surface area contributed by atoms with Gasteiger partial charge in [0.15, 0.2) is 0 Å². The molecule has 0 N–H and O–H groups in total. The van der Waals surface area contributed by atoms with E-state index in [4.69, 9.17) is 65.8 Å². The summed E-state index contributed by atoms with van der Waals surface area (Å²) in [4.78, 5) is 186. The predicted octanol–water partition coefficient (Wildman–Crippen LogP) is 14.8. The van der Waals surface area contributed by atoms with Crippen molar-refractivity contribution in [1.82, 2.24) is 68.8 Å². The lowest BCUT2D eigenvalue weighted by Crippen LogP contribution is -2.42. The molecule has 0 unspecified atom stereocenters. The Morgan fingerprint density at radius 1 is 0.297 bits per heavy atom. The van der Waals surface area contributed by atoms with Crippen molar-refractivity contribution >= 4 is 243 Å². The number of ketones is 3. The van der Waals surface area contributed by atoms with E-state index in [2.05, 4.69) is 34.9 Å². The Labute approximate surface area is 896 Å². The third kappa shape index (κ3) is 28.3. The number of Topliss-reactive ketones (excluding diaryl/α,β-unsaturated/α-hetero) is 3. The molecule has 0 radical (unpaired) electrons. The summed E-state index contributed by atoms with van der Waals surface area (Å²) in [6.07, 6.45) is 24.5. The average Bonchev–Trinajstić information content (AvgIpc) is 1.68. The lowest BCUT2D eigenvalue weighted by molar-refractivity contribution is -0.117. The largest absolute Gasteiger partial charge is 0.444 e. The van der Waals surface area contributed by atoms with Crippen molar-refractivity contribution in [2.45, 2.75) is 201 Å². The highest BCUT2D eigenvalue weighted by Gasteiger charge is 2.34. The quantitative estimate of drug-likeness (QED) is 0.0603. The third-order valence-corrected chi connectivity index (χ3v) is 37.0. The summed E-state index contributed by atoms with van der Waals surface area (Å²) in [6.45, 7) is 11.8. The van der Waals surface area contributed by atoms with Crippen molar-refractivity contribution in [1.29, 1.82) is 0 Å². The van der Waals surface area contributed by atoms with E-state index < -0.39 is 5.60 Å². The first kappa shape index (κ1) is 115. The molecular formula is C97H130N22O14S12. The second-order valence-electron chi connectivity index (χ2n) is 38.9. The van der Waals surface area contributed by atoms with Gasteiger partial charge in [-0.15, -0.1) is 82.3 Å². The summed E-state index contributed by atoms with van der Waals surface area (Å²) in [5, 5.41) is 6.80. The van der Waals surface area contributed by atoms with Gasteiger partial charge in [0.05, 0.1) is 52.2 Å². The van der Waals surface area contributed by atoms with Crippen LogP contribution < -0.4 is 50.9 Å². The number of aliphatic imine (C=N–C) groups is 7. The SMILES string of the molecule is CC(=O)CCCSC1=Nc2c(c(=S)n(C)c(=O)n2C)C1.CC(=O)CCSC1=Nc2c(c(=S)n(C)c(=O)n2C)C1.CC(=O)CSC1=Nc2c(c(=O)n(C)c(=O)n2C)C1.Cn1c2c(c(=O)n(C)c1=O)CC(SCC1CCCCC1)=N2.Cn1c2c(c(=S)n(C)c1=O)CC(SCC1CC1)=N2.Cn1c2c(c(=S)n(C)c1=O)CC(SCC1CCCCC1)=N2.Cn1c2c(c(=S)n(C)c1=O)CC(SCC1CCN(C(=O)OC(C)(C)C)CC1)=N2. The number of carbonyl (C=O) groups excluding carboxylic acids is 4. The topological polar surface area (TPSA) is 390 Å². The van der Waals surface area contributed by atoms with E-state index in [0.29, 0.717) is 125 Å². The fourth-order valence-electron chi connectivity index (χ4n) is 17.6. The Morgan fingerprint density at radius 3 is 0.807 bits per heavy atom. The van der Waals surface area contributed by atoms with Gasteiger partial charge < -0.3 is 14.4 Å². The summed E-state index contributed by atoms with van der Waals surface area (Å²) < 4.78 is 28.8. The number of piperidine rings is 1. The molecule has 0 spiro atoms. The lowest BCUT2D eigenvalue weighted by atomic mass is 9.91. The number of amides is 1. The number of ether oxygens (including phenoxy) is 1. The molecule has 0 aromatic carbocycles. The van der Waals surface area contributed by atoms with Crippen LogP contribution in [-0.4, -0.2) is 187 Å². The highest BCUT2D eigenvalue weighted by atomic mass is 32.2.